The second kappa shape index (κ2) is 7.50. The third-order valence-corrected chi connectivity index (χ3v) is 3.26. The van der Waals surface area contributed by atoms with E-state index in [1.165, 1.54) is 6.92 Å². The highest BCUT2D eigenvalue weighted by Crippen LogP contribution is 2.28. The van der Waals surface area contributed by atoms with Gasteiger partial charge >= 0.3 is 6.18 Å². The lowest BCUT2D eigenvalue weighted by Crippen LogP contribution is -2.25. The number of amides is 1. The molecule has 0 aliphatic carbocycles. The summed E-state index contributed by atoms with van der Waals surface area (Å²) in [5, 5.41) is 2.65. The molecule has 0 radical (unpaired) electrons. The summed E-state index contributed by atoms with van der Waals surface area (Å²) in [5.41, 5.74) is -0.260. The molecule has 134 valence electrons. The van der Waals surface area contributed by atoms with Crippen LogP contribution < -0.4 is 10.1 Å². The fraction of sp³-hybridized carbons (Fsp3) is 0.353. The maximum Gasteiger partial charge on any atom is 0.433 e. The van der Waals surface area contributed by atoms with E-state index in [1.807, 2.05) is 13.8 Å². The van der Waals surface area contributed by atoms with Crippen LogP contribution in [0.1, 0.15) is 41.2 Å². The van der Waals surface area contributed by atoms with Gasteiger partial charge in [0.25, 0.3) is 5.91 Å². The standard InChI is InChI=1S/C17H18F3N3O2/c1-10(2)25-16-12(5-4-8-21-16)9-22-15(24)13-6-7-14(17(18,19)20)23-11(13)3/h4-8,10H,9H2,1-3H3,(H,22,24). The minimum Gasteiger partial charge on any atom is -0.475 e. The van der Waals surface area contributed by atoms with Crippen LogP contribution in [0.5, 0.6) is 5.88 Å². The summed E-state index contributed by atoms with van der Waals surface area (Å²) in [5.74, 6) is -0.113. The van der Waals surface area contributed by atoms with E-state index < -0.39 is 17.8 Å². The van der Waals surface area contributed by atoms with Gasteiger partial charge in [0.1, 0.15) is 5.69 Å². The van der Waals surface area contributed by atoms with Crippen molar-refractivity contribution in [2.45, 2.75) is 39.6 Å². The van der Waals surface area contributed by atoms with Gasteiger partial charge in [0.15, 0.2) is 0 Å². The Labute approximate surface area is 143 Å². The van der Waals surface area contributed by atoms with Gasteiger partial charge in [-0.15, -0.1) is 0 Å². The average molecular weight is 353 g/mol. The van der Waals surface area contributed by atoms with Gasteiger partial charge in [0.2, 0.25) is 5.88 Å². The molecule has 0 atom stereocenters. The summed E-state index contributed by atoms with van der Waals surface area (Å²) in [6, 6.07) is 5.37. The van der Waals surface area contributed by atoms with E-state index in [4.69, 9.17) is 4.74 Å². The number of pyridine rings is 2. The Hall–Kier alpha value is -2.64. The van der Waals surface area contributed by atoms with Crippen molar-refractivity contribution in [2.24, 2.45) is 0 Å². The van der Waals surface area contributed by atoms with Gasteiger partial charge in [0.05, 0.1) is 17.4 Å². The van der Waals surface area contributed by atoms with Crippen molar-refractivity contribution in [1.29, 1.82) is 0 Å². The Morgan fingerprint density at radius 1 is 1.28 bits per heavy atom. The van der Waals surface area contributed by atoms with E-state index in [2.05, 4.69) is 15.3 Å². The first-order chi connectivity index (χ1) is 11.7. The quantitative estimate of drug-likeness (QED) is 0.893. The lowest BCUT2D eigenvalue weighted by molar-refractivity contribution is -0.141. The van der Waals surface area contributed by atoms with Gasteiger partial charge in [-0.2, -0.15) is 13.2 Å². The molecule has 2 aromatic rings. The molecular formula is C17H18F3N3O2. The highest BCUT2D eigenvalue weighted by molar-refractivity contribution is 5.95. The Balaban J connectivity index is 2.11. The van der Waals surface area contributed by atoms with Crippen LogP contribution in [0.25, 0.3) is 0 Å². The molecule has 2 rings (SSSR count). The van der Waals surface area contributed by atoms with Crippen molar-refractivity contribution in [1.82, 2.24) is 15.3 Å². The van der Waals surface area contributed by atoms with Crippen molar-refractivity contribution >= 4 is 5.91 Å². The number of rotatable bonds is 5. The highest BCUT2D eigenvalue weighted by Gasteiger charge is 2.33. The molecule has 0 spiro atoms. The van der Waals surface area contributed by atoms with Crippen LogP contribution in [0.4, 0.5) is 13.2 Å². The maximum atomic E-state index is 12.6. The Morgan fingerprint density at radius 2 is 2.00 bits per heavy atom. The van der Waals surface area contributed by atoms with E-state index in [9.17, 15) is 18.0 Å². The van der Waals surface area contributed by atoms with Gasteiger partial charge in [-0.3, -0.25) is 4.79 Å². The summed E-state index contributed by atoms with van der Waals surface area (Å²) < 4.78 is 43.5. The van der Waals surface area contributed by atoms with Crippen molar-refractivity contribution in [3.63, 3.8) is 0 Å². The smallest absolute Gasteiger partial charge is 0.433 e. The van der Waals surface area contributed by atoms with Gasteiger partial charge in [-0.1, -0.05) is 6.07 Å². The molecule has 0 saturated carbocycles. The summed E-state index contributed by atoms with van der Waals surface area (Å²) in [4.78, 5) is 19.8. The molecule has 1 amide bonds. The first-order valence-corrected chi connectivity index (χ1v) is 7.62. The zero-order valence-corrected chi connectivity index (χ0v) is 14.0. The van der Waals surface area contributed by atoms with E-state index >= 15 is 0 Å². The average Bonchev–Trinajstić information content (AvgIpc) is 2.52. The number of hydrogen-bond acceptors (Lipinski definition) is 4. The second-order valence-corrected chi connectivity index (χ2v) is 5.64. The zero-order chi connectivity index (χ0) is 18.6. The molecule has 1 N–H and O–H groups in total. The molecule has 0 bridgehead atoms. The predicted molar refractivity (Wildman–Crippen MR) is 85.1 cm³/mol. The Kier molecular flexibility index (Phi) is 5.61. The number of carbonyl (C=O) groups is 1. The first-order valence-electron chi connectivity index (χ1n) is 7.62. The third-order valence-electron chi connectivity index (χ3n) is 3.26. The summed E-state index contributed by atoms with van der Waals surface area (Å²) in [7, 11) is 0. The first kappa shape index (κ1) is 18.7. The summed E-state index contributed by atoms with van der Waals surface area (Å²) >= 11 is 0. The molecular weight excluding hydrogens is 335 g/mol. The number of aromatic nitrogens is 2. The zero-order valence-electron chi connectivity index (χ0n) is 14.0. The molecule has 25 heavy (non-hydrogen) atoms. The van der Waals surface area contributed by atoms with Crippen LogP contribution in [-0.2, 0) is 12.7 Å². The van der Waals surface area contributed by atoms with Crippen LogP contribution in [0, 0.1) is 6.92 Å². The van der Waals surface area contributed by atoms with Crippen LogP contribution >= 0.6 is 0 Å². The lowest BCUT2D eigenvalue weighted by atomic mass is 10.1. The van der Waals surface area contributed by atoms with Crippen molar-refractivity contribution in [2.75, 3.05) is 0 Å². The van der Waals surface area contributed by atoms with Crippen LogP contribution in [0.2, 0.25) is 0 Å². The van der Waals surface area contributed by atoms with Crippen molar-refractivity contribution in [3.8, 4) is 5.88 Å². The number of alkyl halides is 3. The number of nitrogens with one attached hydrogen (secondary N) is 1. The number of ether oxygens (including phenoxy) is 1. The summed E-state index contributed by atoms with van der Waals surface area (Å²) in [6.07, 6.45) is -3.04. The summed E-state index contributed by atoms with van der Waals surface area (Å²) in [6.45, 7) is 5.21. The number of carbonyl (C=O) groups excluding carboxylic acids is 1. The molecule has 0 unspecified atom stereocenters. The molecule has 8 heteroatoms. The van der Waals surface area contributed by atoms with Crippen molar-refractivity contribution in [3.05, 3.63) is 53.0 Å². The van der Waals surface area contributed by atoms with Gasteiger partial charge in [0, 0.05) is 18.3 Å². The fourth-order valence-electron chi connectivity index (χ4n) is 2.12. The SMILES string of the molecule is Cc1nc(C(F)(F)F)ccc1C(=O)NCc1cccnc1OC(C)C. The molecule has 0 saturated heterocycles. The molecule has 2 aromatic heterocycles. The highest BCUT2D eigenvalue weighted by atomic mass is 19.4. The minimum atomic E-state index is -4.54. The van der Waals surface area contributed by atoms with Crippen LogP contribution in [0.3, 0.4) is 0 Å². The topological polar surface area (TPSA) is 64.1 Å². The van der Waals surface area contributed by atoms with E-state index in [1.54, 1.807) is 18.3 Å². The molecule has 0 aliphatic rings. The molecule has 2 heterocycles. The van der Waals surface area contributed by atoms with Gasteiger partial charge in [-0.05, 0) is 39.0 Å². The molecule has 0 aromatic carbocycles. The normalized spacial score (nSPS) is 11.5. The van der Waals surface area contributed by atoms with Gasteiger partial charge < -0.3 is 10.1 Å². The number of aryl methyl sites for hydroxylation is 1. The second-order valence-electron chi connectivity index (χ2n) is 5.64. The molecule has 0 aliphatic heterocycles. The van der Waals surface area contributed by atoms with E-state index in [-0.39, 0.29) is 23.9 Å². The monoisotopic (exact) mass is 353 g/mol. The molecule has 0 fully saturated rings. The van der Waals surface area contributed by atoms with E-state index in [0.29, 0.717) is 11.4 Å². The predicted octanol–water partition coefficient (Wildman–Crippen LogP) is 3.52. The number of nitrogens with zero attached hydrogens (tertiary/aromatic N) is 2. The van der Waals surface area contributed by atoms with Crippen LogP contribution in [0.15, 0.2) is 30.5 Å². The van der Waals surface area contributed by atoms with Crippen molar-refractivity contribution < 1.29 is 22.7 Å². The number of halogens is 3. The largest absolute Gasteiger partial charge is 0.475 e. The fourth-order valence-corrected chi connectivity index (χ4v) is 2.12. The van der Waals surface area contributed by atoms with Crippen LogP contribution in [-0.4, -0.2) is 22.0 Å². The minimum absolute atomic E-state index is 0.0113. The maximum absolute atomic E-state index is 12.6. The van der Waals surface area contributed by atoms with Gasteiger partial charge in [-0.25, -0.2) is 9.97 Å². The Morgan fingerprint density at radius 3 is 2.60 bits per heavy atom. The number of hydrogen-bond donors (Lipinski definition) is 1. The molecule has 5 nitrogen and oxygen atoms in total. The van der Waals surface area contributed by atoms with E-state index in [0.717, 1.165) is 12.1 Å². The third kappa shape index (κ3) is 4.91. The Bertz CT molecular complexity index is 761. The lowest BCUT2D eigenvalue weighted by Gasteiger charge is -2.14.